The number of nitrogens with two attached hydrogens (primary N) is 1. The molecule has 0 aliphatic rings. The molecule has 2 N–H and O–H groups in total. The van der Waals surface area contributed by atoms with Crippen LogP contribution in [0.1, 0.15) is 39.4 Å². The Bertz CT molecular complexity index is 402. The second kappa shape index (κ2) is 4.45. The van der Waals surface area contributed by atoms with Crippen molar-refractivity contribution in [2.45, 2.75) is 32.9 Å². The fraction of sp³-hybridized carbons (Fsp3) is 0.417. The first kappa shape index (κ1) is 8.92. The molecule has 0 saturated heterocycles. The van der Waals surface area contributed by atoms with E-state index in [1.165, 1.54) is 24.3 Å². The molecule has 1 aromatic rings. The van der Waals surface area contributed by atoms with Crippen LogP contribution in [-0.4, -0.2) is 11.6 Å². The van der Waals surface area contributed by atoms with Crippen LogP contribution >= 0.6 is 0 Å². The van der Waals surface area contributed by atoms with E-state index in [0.29, 0.717) is 11.1 Å². The van der Waals surface area contributed by atoms with Crippen LogP contribution in [0, 0.1) is 0 Å². The van der Waals surface area contributed by atoms with Gasteiger partial charge in [0.15, 0.2) is 0 Å². The van der Waals surface area contributed by atoms with Gasteiger partial charge in [-0.15, -0.1) is 0 Å². The Labute approximate surface area is 93.0 Å². The van der Waals surface area contributed by atoms with Crippen LogP contribution in [0.3, 0.4) is 0 Å². The molecule has 0 radical (unpaired) electrons. The van der Waals surface area contributed by atoms with Crippen molar-refractivity contribution >= 4 is 5.97 Å². The largest absolute Gasteiger partial charge is 0.456 e. The van der Waals surface area contributed by atoms with Crippen molar-refractivity contribution in [2.75, 3.05) is 0 Å². The van der Waals surface area contributed by atoms with Gasteiger partial charge in [-0.2, -0.15) is 0 Å². The maximum absolute atomic E-state index is 11.7. The first-order chi connectivity index (χ1) is 7.59. The summed E-state index contributed by atoms with van der Waals surface area (Å²) in [6.07, 6.45) is 0. The molecule has 0 spiro atoms. The van der Waals surface area contributed by atoms with Gasteiger partial charge in [-0.05, 0) is 38.5 Å². The van der Waals surface area contributed by atoms with Gasteiger partial charge in [-0.3, -0.25) is 0 Å². The summed E-state index contributed by atoms with van der Waals surface area (Å²) < 4.78 is 19.8. The van der Waals surface area contributed by atoms with E-state index >= 15 is 0 Å². The van der Waals surface area contributed by atoms with Gasteiger partial charge in [0.1, 0.15) is 5.60 Å². The minimum atomic E-state index is -1.90. The van der Waals surface area contributed by atoms with E-state index in [2.05, 4.69) is 0 Å². The van der Waals surface area contributed by atoms with Crippen LogP contribution in [0.5, 0.6) is 0 Å². The summed E-state index contributed by atoms with van der Waals surface area (Å²) in [6.45, 7) is 3.47. The van der Waals surface area contributed by atoms with Crippen molar-refractivity contribution in [1.82, 2.24) is 0 Å². The SMILES string of the molecule is [2H]C([2H])(N)c1ccc(C(=O)OC(C)(C)C)cc1. The van der Waals surface area contributed by atoms with Gasteiger partial charge in [0.05, 0.1) is 5.56 Å². The summed E-state index contributed by atoms with van der Waals surface area (Å²) in [5.74, 6) is -0.429. The molecule has 1 rings (SSSR count). The highest BCUT2D eigenvalue weighted by Crippen LogP contribution is 2.12. The van der Waals surface area contributed by atoms with Crippen LogP contribution in [0.2, 0.25) is 0 Å². The molecule has 0 atom stereocenters. The fourth-order valence-corrected chi connectivity index (χ4v) is 1.04. The van der Waals surface area contributed by atoms with Gasteiger partial charge >= 0.3 is 5.97 Å². The Morgan fingerprint density at radius 1 is 1.40 bits per heavy atom. The summed E-state index contributed by atoms with van der Waals surface area (Å²) >= 11 is 0. The van der Waals surface area contributed by atoms with Crippen LogP contribution < -0.4 is 5.73 Å². The number of benzene rings is 1. The maximum atomic E-state index is 11.7. The molecule has 0 bridgehead atoms. The van der Waals surface area contributed by atoms with Gasteiger partial charge in [0.25, 0.3) is 0 Å². The highest BCUT2D eigenvalue weighted by atomic mass is 16.6. The lowest BCUT2D eigenvalue weighted by atomic mass is 10.1. The number of carbonyl (C=O) groups excluding carboxylic acids is 1. The van der Waals surface area contributed by atoms with Gasteiger partial charge in [-0.1, -0.05) is 12.1 Å². The number of rotatable bonds is 2. The molecular formula is C12H17NO2. The number of hydrogen-bond acceptors (Lipinski definition) is 3. The van der Waals surface area contributed by atoms with Crippen molar-refractivity contribution in [3.8, 4) is 0 Å². The number of carbonyl (C=O) groups is 1. The number of esters is 1. The quantitative estimate of drug-likeness (QED) is 0.759. The standard InChI is InChI=1S/C12H17NO2/c1-12(2,3)15-11(14)10-6-4-9(8-13)5-7-10/h4-7H,8,13H2,1-3H3/i8D2. The lowest BCUT2D eigenvalue weighted by Gasteiger charge is -2.19. The molecular weight excluding hydrogens is 190 g/mol. The summed E-state index contributed by atoms with van der Waals surface area (Å²) in [7, 11) is 0. The molecule has 1 aromatic carbocycles. The zero-order chi connectivity index (χ0) is 13.3. The van der Waals surface area contributed by atoms with Crippen molar-refractivity contribution in [2.24, 2.45) is 5.73 Å². The van der Waals surface area contributed by atoms with E-state index in [-0.39, 0.29) is 0 Å². The average molecular weight is 209 g/mol. The first-order valence-electron chi connectivity index (χ1n) is 5.72. The molecule has 3 heteroatoms. The summed E-state index contributed by atoms with van der Waals surface area (Å²) in [5.41, 5.74) is 5.46. The van der Waals surface area contributed by atoms with Crippen molar-refractivity contribution in [3.05, 3.63) is 35.4 Å². The van der Waals surface area contributed by atoms with Gasteiger partial charge < -0.3 is 10.5 Å². The van der Waals surface area contributed by atoms with Gasteiger partial charge in [0.2, 0.25) is 0 Å². The number of ether oxygens (including phenoxy) is 1. The highest BCUT2D eigenvalue weighted by Gasteiger charge is 2.17. The Balaban J connectivity index is 2.85. The number of hydrogen-bond donors (Lipinski definition) is 1. The monoisotopic (exact) mass is 209 g/mol. The smallest absolute Gasteiger partial charge is 0.338 e. The first-order valence-corrected chi connectivity index (χ1v) is 4.72. The van der Waals surface area contributed by atoms with Crippen LogP contribution in [0.25, 0.3) is 0 Å². The van der Waals surface area contributed by atoms with E-state index in [0.717, 1.165) is 0 Å². The molecule has 0 aromatic heterocycles. The molecule has 0 saturated carbocycles. The second-order valence-electron chi connectivity index (χ2n) is 4.22. The Kier molecular flexibility index (Phi) is 2.64. The predicted octanol–water partition coefficient (Wildman–Crippen LogP) is 2.10. The minimum absolute atomic E-state index is 0.324. The van der Waals surface area contributed by atoms with Gasteiger partial charge in [-0.25, -0.2) is 4.79 Å². The predicted molar refractivity (Wildman–Crippen MR) is 59.5 cm³/mol. The second-order valence-corrected chi connectivity index (χ2v) is 4.22. The third kappa shape index (κ3) is 3.72. The van der Waals surface area contributed by atoms with E-state index in [9.17, 15) is 4.79 Å². The highest BCUT2D eigenvalue weighted by molar-refractivity contribution is 5.89. The van der Waals surface area contributed by atoms with E-state index in [1.54, 1.807) is 20.8 Å². The summed E-state index contributed by atoms with van der Waals surface area (Å²) in [5, 5.41) is 0. The molecule has 0 amide bonds. The molecule has 15 heavy (non-hydrogen) atoms. The maximum Gasteiger partial charge on any atom is 0.338 e. The Morgan fingerprint density at radius 3 is 2.33 bits per heavy atom. The minimum Gasteiger partial charge on any atom is -0.456 e. The van der Waals surface area contributed by atoms with Crippen LogP contribution in [0.15, 0.2) is 24.3 Å². The Morgan fingerprint density at radius 2 is 1.93 bits per heavy atom. The lowest BCUT2D eigenvalue weighted by molar-refractivity contribution is 0.00695. The van der Waals surface area contributed by atoms with Gasteiger partial charge in [0, 0.05) is 9.24 Å². The van der Waals surface area contributed by atoms with E-state index in [4.69, 9.17) is 13.2 Å². The lowest BCUT2D eigenvalue weighted by Crippen LogP contribution is -2.23. The van der Waals surface area contributed by atoms with Crippen molar-refractivity contribution in [3.63, 3.8) is 0 Å². The fourth-order valence-electron chi connectivity index (χ4n) is 1.04. The van der Waals surface area contributed by atoms with Crippen LogP contribution in [-0.2, 0) is 11.2 Å². The molecule has 3 nitrogen and oxygen atoms in total. The molecule has 82 valence electrons. The summed E-state index contributed by atoms with van der Waals surface area (Å²) in [4.78, 5) is 11.7. The summed E-state index contributed by atoms with van der Waals surface area (Å²) in [6, 6.07) is 5.99. The normalized spacial score (nSPS) is 14.1. The van der Waals surface area contributed by atoms with E-state index < -0.39 is 18.1 Å². The zero-order valence-corrected chi connectivity index (χ0v) is 9.20. The molecule has 0 heterocycles. The molecule has 0 unspecified atom stereocenters. The topological polar surface area (TPSA) is 52.3 Å². The molecule has 0 fully saturated rings. The van der Waals surface area contributed by atoms with Crippen molar-refractivity contribution in [1.29, 1.82) is 0 Å². The molecule has 0 aliphatic heterocycles. The van der Waals surface area contributed by atoms with Crippen molar-refractivity contribution < 1.29 is 12.3 Å². The van der Waals surface area contributed by atoms with E-state index in [1.807, 2.05) is 0 Å². The zero-order valence-electron chi connectivity index (χ0n) is 11.2. The third-order valence-electron chi connectivity index (χ3n) is 1.69. The average Bonchev–Trinajstić information content (AvgIpc) is 2.14. The Hall–Kier alpha value is -1.35. The van der Waals surface area contributed by atoms with Crippen LogP contribution in [0.4, 0.5) is 0 Å². The molecule has 0 aliphatic carbocycles. The third-order valence-corrected chi connectivity index (χ3v) is 1.69.